The largest absolute Gasteiger partial charge is 0.374 e. The molecule has 0 amide bonds. The van der Waals surface area contributed by atoms with Crippen LogP contribution < -0.4 is 5.73 Å². The third kappa shape index (κ3) is 2.08. The average Bonchev–Trinajstić information content (AvgIpc) is 2.97. The molecule has 0 aliphatic heterocycles. The maximum absolute atomic E-state index is 5.59. The van der Waals surface area contributed by atoms with Crippen molar-refractivity contribution < 1.29 is 0 Å². The average molecular weight is 272 g/mol. The second-order valence-corrected chi connectivity index (χ2v) is 5.23. The lowest BCUT2D eigenvalue weighted by atomic mass is 10.2. The van der Waals surface area contributed by atoms with Gasteiger partial charge in [0.05, 0.1) is 11.4 Å². The Morgan fingerprint density at radius 2 is 1.79 bits per heavy atom. The van der Waals surface area contributed by atoms with E-state index in [1.165, 1.54) is 16.9 Å². The summed E-state index contributed by atoms with van der Waals surface area (Å²) in [4.78, 5) is 0. The van der Waals surface area contributed by atoms with Gasteiger partial charge in [-0.15, -0.1) is 15.3 Å². The number of aryl methyl sites for hydroxylation is 1. The molecule has 0 radical (unpaired) electrons. The number of hydrogen-bond acceptors (Lipinski definition) is 6. The Bertz CT molecular complexity index is 712. The van der Waals surface area contributed by atoms with Crippen molar-refractivity contribution in [1.29, 1.82) is 0 Å². The van der Waals surface area contributed by atoms with Gasteiger partial charge in [0, 0.05) is 0 Å². The van der Waals surface area contributed by atoms with E-state index in [2.05, 4.69) is 20.5 Å². The first-order chi connectivity index (χ1) is 9.15. The highest BCUT2D eigenvalue weighted by Crippen LogP contribution is 2.26. The van der Waals surface area contributed by atoms with Gasteiger partial charge < -0.3 is 5.73 Å². The molecule has 0 aliphatic rings. The molecule has 0 aliphatic carbocycles. The first kappa shape index (κ1) is 11.8. The van der Waals surface area contributed by atoms with E-state index < -0.39 is 0 Å². The molecule has 2 N–H and O–H groups in total. The van der Waals surface area contributed by atoms with E-state index in [0.717, 1.165) is 17.1 Å². The van der Waals surface area contributed by atoms with Crippen LogP contribution in [0.1, 0.15) is 11.3 Å². The van der Waals surface area contributed by atoms with Crippen LogP contribution in [0.4, 0.5) is 5.13 Å². The van der Waals surface area contributed by atoms with E-state index >= 15 is 0 Å². The van der Waals surface area contributed by atoms with Gasteiger partial charge in [-0.3, -0.25) is 0 Å². The standard InChI is InChI=1S/C12H12N6S/c1-7-3-5-9(6-4-7)18-8(2)10(14-17-18)11-15-16-12(13)19-11/h3-6H,1-2H3,(H2,13,16). The van der Waals surface area contributed by atoms with Gasteiger partial charge in [0.25, 0.3) is 0 Å². The Labute approximate surface area is 113 Å². The fourth-order valence-electron chi connectivity index (χ4n) is 1.79. The maximum atomic E-state index is 5.59. The summed E-state index contributed by atoms with van der Waals surface area (Å²) < 4.78 is 1.78. The molecule has 0 saturated carbocycles. The van der Waals surface area contributed by atoms with Gasteiger partial charge in [-0.1, -0.05) is 34.2 Å². The van der Waals surface area contributed by atoms with Crippen LogP contribution in [0.3, 0.4) is 0 Å². The molecule has 2 aromatic heterocycles. The molecule has 3 aromatic rings. The van der Waals surface area contributed by atoms with E-state index in [4.69, 9.17) is 5.73 Å². The molecule has 3 rings (SSSR count). The van der Waals surface area contributed by atoms with Crippen molar-refractivity contribution in [2.75, 3.05) is 5.73 Å². The lowest BCUT2D eigenvalue weighted by molar-refractivity contribution is 0.785. The summed E-state index contributed by atoms with van der Waals surface area (Å²) in [6.45, 7) is 4.00. The molecular weight excluding hydrogens is 260 g/mol. The number of benzene rings is 1. The van der Waals surface area contributed by atoms with Crippen LogP contribution >= 0.6 is 11.3 Å². The topological polar surface area (TPSA) is 82.5 Å². The molecule has 19 heavy (non-hydrogen) atoms. The molecule has 0 saturated heterocycles. The van der Waals surface area contributed by atoms with Gasteiger partial charge in [0.2, 0.25) is 5.13 Å². The predicted octanol–water partition coefficient (Wildman–Crippen LogP) is 1.98. The summed E-state index contributed by atoms with van der Waals surface area (Å²) in [5.74, 6) is 0. The minimum Gasteiger partial charge on any atom is -0.374 e. The molecule has 0 unspecified atom stereocenters. The van der Waals surface area contributed by atoms with Crippen LogP contribution in [-0.4, -0.2) is 25.2 Å². The lowest BCUT2D eigenvalue weighted by Gasteiger charge is -2.03. The first-order valence-electron chi connectivity index (χ1n) is 5.74. The van der Waals surface area contributed by atoms with E-state index in [-0.39, 0.29) is 0 Å². The van der Waals surface area contributed by atoms with E-state index in [0.29, 0.717) is 10.1 Å². The Balaban J connectivity index is 2.06. The SMILES string of the molecule is Cc1ccc(-n2nnc(-c3nnc(N)s3)c2C)cc1. The molecule has 0 atom stereocenters. The van der Waals surface area contributed by atoms with Crippen molar-refractivity contribution in [2.45, 2.75) is 13.8 Å². The Morgan fingerprint density at radius 3 is 2.42 bits per heavy atom. The Morgan fingerprint density at radius 1 is 1.05 bits per heavy atom. The van der Waals surface area contributed by atoms with Crippen LogP contribution in [-0.2, 0) is 0 Å². The first-order valence-corrected chi connectivity index (χ1v) is 6.55. The summed E-state index contributed by atoms with van der Waals surface area (Å²) in [5, 5.41) is 17.2. The number of aromatic nitrogens is 5. The Hall–Kier alpha value is -2.28. The molecule has 0 fully saturated rings. The minimum absolute atomic E-state index is 0.430. The van der Waals surface area contributed by atoms with E-state index in [9.17, 15) is 0 Å². The molecule has 96 valence electrons. The smallest absolute Gasteiger partial charge is 0.203 e. The third-order valence-electron chi connectivity index (χ3n) is 2.82. The van der Waals surface area contributed by atoms with Gasteiger partial charge in [-0.25, -0.2) is 4.68 Å². The summed E-state index contributed by atoms with van der Waals surface area (Å²) in [5.41, 5.74) is 9.40. The normalized spacial score (nSPS) is 10.8. The highest BCUT2D eigenvalue weighted by Gasteiger charge is 2.15. The lowest BCUT2D eigenvalue weighted by Crippen LogP contribution is -1.98. The quantitative estimate of drug-likeness (QED) is 0.771. The van der Waals surface area contributed by atoms with Gasteiger partial charge in [-0.05, 0) is 26.0 Å². The number of rotatable bonds is 2. The van der Waals surface area contributed by atoms with Crippen LogP contribution in [0.2, 0.25) is 0 Å². The molecule has 6 nitrogen and oxygen atoms in total. The van der Waals surface area contributed by atoms with Crippen LogP contribution in [0.15, 0.2) is 24.3 Å². The van der Waals surface area contributed by atoms with Crippen molar-refractivity contribution in [1.82, 2.24) is 25.2 Å². The van der Waals surface area contributed by atoms with Crippen molar-refractivity contribution in [3.05, 3.63) is 35.5 Å². The number of nitrogens with zero attached hydrogens (tertiary/aromatic N) is 5. The van der Waals surface area contributed by atoms with E-state index in [1.54, 1.807) is 4.68 Å². The van der Waals surface area contributed by atoms with Crippen molar-refractivity contribution in [3.8, 4) is 16.4 Å². The molecular formula is C12H12N6S. The minimum atomic E-state index is 0.430. The summed E-state index contributed by atoms with van der Waals surface area (Å²) >= 11 is 1.31. The number of nitrogen functional groups attached to an aromatic ring is 1. The second-order valence-electron chi connectivity index (χ2n) is 4.22. The van der Waals surface area contributed by atoms with Crippen molar-refractivity contribution >= 4 is 16.5 Å². The van der Waals surface area contributed by atoms with Gasteiger partial charge in [0.1, 0.15) is 5.69 Å². The molecule has 0 bridgehead atoms. The zero-order chi connectivity index (χ0) is 13.4. The zero-order valence-corrected chi connectivity index (χ0v) is 11.3. The Kier molecular flexibility index (Phi) is 2.75. The number of hydrogen-bond donors (Lipinski definition) is 1. The van der Waals surface area contributed by atoms with Gasteiger partial charge >= 0.3 is 0 Å². The van der Waals surface area contributed by atoms with Gasteiger partial charge in [0.15, 0.2) is 5.01 Å². The summed E-state index contributed by atoms with van der Waals surface area (Å²) in [6, 6.07) is 8.10. The summed E-state index contributed by atoms with van der Waals surface area (Å²) in [6.07, 6.45) is 0. The number of anilines is 1. The van der Waals surface area contributed by atoms with Crippen LogP contribution in [0.25, 0.3) is 16.4 Å². The highest BCUT2D eigenvalue weighted by molar-refractivity contribution is 7.18. The van der Waals surface area contributed by atoms with Crippen LogP contribution in [0, 0.1) is 13.8 Å². The fourth-order valence-corrected chi connectivity index (χ4v) is 2.43. The maximum Gasteiger partial charge on any atom is 0.203 e. The van der Waals surface area contributed by atoms with Crippen molar-refractivity contribution in [3.63, 3.8) is 0 Å². The fraction of sp³-hybridized carbons (Fsp3) is 0.167. The number of nitrogens with two attached hydrogens (primary N) is 1. The third-order valence-corrected chi connectivity index (χ3v) is 3.58. The monoisotopic (exact) mass is 272 g/mol. The zero-order valence-electron chi connectivity index (χ0n) is 10.5. The molecule has 2 heterocycles. The summed E-state index contributed by atoms with van der Waals surface area (Å²) in [7, 11) is 0. The van der Waals surface area contributed by atoms with Gasteiger partial charge in [-0.2, -0.15) is 0 Å². The highest BCUT2D eigenvalue weighted by atomic mass is 32.1. The molecule has 0 spiro atoms. The molecule has 7 heteroatoms. The van der Waals surface area contributed by atoms with Crippen LogP contribution in [0.5, 0.6) is 0 Å². The second kappa shape index (κ2) is 4.43. The molecule has 1 aromatic carbocycles. The van der Waals surface area contributed by atoms with E-state index in [1.807, 2.05) is 38.1 Å². The predicted molar refractivity (Wildman–Crippen MR) is 74.1 cm³/mol. The van der Waals surface area contributed by atoms with Crippen molar-refractivity contribution in [2.24, 2.45) is 0 Å².